The highest BCUT2D eigenvalue weighted by Crippen LogP contribution is 2.36. The molecule has 0 saturated heterocycles. The first-order chi connectivity index (χ1) is 14.8. The van der Waals surface area contributed by atoms with Gasteiger partial charge in [0.05, 0.1) is 22.3 Å². The maximum absolute atomic E-state index is 13.4. The van der Waals surface area contributed by atoms with E-state index in [9.17, 15) is 17.2 Å². The molecule has 1 aliphatic heterocycles. The molecule has 0 spiro atoms. The summed E-state index contributed by atoms with van der Waals surface area (Å²) in [6.07, 6.45) is 4.25. The standard InChI is InChI=1S/C23H19F2N3O2S/c24-18-6-1-16(2-7-18)3-10-20-15-23(17-4-8-19(25)9-5-17)28(27-20)21-11-13-22(14-12-21)31(26,29)30/h1-14,23H,15H2,(H2,26,29,30)/b10-3+. The first-order valence-electron chi connectivity index (χ1n) is 9.48. The van der Waals surface area contributed by atoms with Crippen LogP contribution in [0.4, 0.5) is 14.5 Å². The van der Waals surface area contributed by atoms with Crippen LogP contribution in [0.5, 0.6) is 0 Å². The van der Waals surface area contributed by atoms with Gasteiger partial charge < -0.3 is 0 Å². The minimum Gasteiger partial charge on any atom is -0.257 e. The van der Waals surface area contributed by atoms with Crippen LogP contribution in [0, 0.1) is 11.6 Å². The molecule has 5 nitrogen and oxygen atoms in total. The Labute approximate surface area is 179 Å². The Bertz CT molecular complexity index is 1240. The molecule has 3 aromatic carbocycles. The number of nitrogens with zero attached hydrogens (tertiary/aromatic N) is 2. The Morgan fingerprint density at radius 3 is 2.03 bits per heavy atom. The number of primary sulfonamides is 1. The van der Waals surface area contributed by atoms with E-state index in [0.29, 0.717) is 12.1 Å². The van der Waals surface area contributed by atoms with Crippen LogP contribution in [0.2, 0.25) is 0 Å². The van der Waals surface area contributed by atoms with Crippen LogP contribution in [-0.2, 0) is 10.0 Å². The minimum atomic E-state index is -3.80. The van der Waals surface area contributed by atoms with Crippen molar-refractivity contribution >= 4 is 27.5 Å². The van der Waals surface area contributed by atoms with Crippen molar-refractivity contribution in [3.05, 3.63) is 102 Å². The van der Waals surface area contributed by atoms with Crippen LogP contribution >= 0.6 is 0 Å². The van der Waals surface area contributed by atoms with Crippen LogP contribution in [0.1, 0.15) is 23.6 Å². The van der Waals surface area contributed by atoms with Gasteiger partial charge in [-0.2, -0.15) is 5.10 Å². The van der Waals surface area contributed by atoms with Gasteiger partial charge in [0.1, 0.15) is 11.6 Å². The summed E-state index contributed by atoms with van der Waals surface area (Å²) in [5.74, 6) is -0.635. The molecule has 1 heterocycles. The van der Waals surface area contributed by atoms with Gasteiger partial charge in [0.15, 0.2) is 0 Å². The van der Waals surface area contributed by atoms with Gasteiger partial charge in [0.2, 0.25) is 10.0 Å². The van der Waals surface area contributed by atoms with Crippen LogP contribution in [-0.4, -0.2) is 14.1 Å². The zero-order valence-corrected chi connectivity index (χ0v) is 17.1. The number of anilines is 1. The highest BCUT2D eigenvalue weighted by atomic mass is 32.2. The number of nitrogens with two attached hydrogens (primary N) is 1. The number of hydrogen-bond donors (Lipinski definition) is 1. The largest absolute Gasteiger partial charge is 0.257 e. The van der Waals surface area contributed by atoms with Gasteiger partial charge in [0, 0.05) is 6.42 Å². The van der Waals surface area contributed by atoms with Crippen molar-refractivity contribution in [2.24, 2.45) is 10.2 Å². The van der Waals surface area contributed by atoms with Crippen LogP contribution in [0.3, 0.4) is 0 Å². The maximum atomic E-state index is 13.4. The summed E-state index contributed by atoms with van der Waals surface area (Å²) in [7, 11) is -3.80. The van der Waals surface area contributed by atoms with E-state index in [-0.39, 0.29) is 22.6 Å². The van der Waals surface area contributed by atoms with Crippen LogP contribution in [0.25, 0.3) is 6.08 Å². The quantitative estimate of drug-likeness (QED) is 0.630. The molecule has 0 radical (unpaired) electrons. The summed E-state index contributed by atoms with van der Waals surface area (Å²) >= 11 is 0. The Hall–Kier alpha value is -3.36. The van der Waals surface area contributed by atoms with Crippen LogP contribution < -0.4 is 10.1 Å². The average Bonchev–Trinajstić information content (AvgIpc) is 3.18. The Balaban J connectivity index is 1.66. The van der Waals surface area contributed by atoms with E-state index in [0.717, 1.165) is 16.8 Å². The summed E-state index contributed by atoms with van der Waals surface area (Å²) in [4.78, 5) is 0.00851. The SMILES string of the molecule is NS(=O)(=O)c1ccc(N2N=C(/C=C/c3ccc(F)cc3)CC2c2ccc(F)cc2)cc1. The third kappa shape index (κ3) is 4.87. The van der Waals surface area contributed by atoms with Crippen molar-refractivity contribution < 1.29 is 17.2 Å². The van der Waals surface area contributed by atoms with E-state index >= 15 is 0 Å². The second kappa shape index (κ2) is 8.41. The molecule has 158 valence electrons. The van der Waals surface area contributed by atoms with E-state index in [2.05, 4.69) is 5.10 Å². The molecule has 8 heteroatoms. The molecule has 0 aromatic heterocycles. The molecule has 0 saturated carbocycles. The highest BCUT2D eigenvalue weighted by molar-refractivity contribution is 7.89. The van der Waals surface area contributed by atoms with Gasteiger partial charge in [0.25, 0.3) is 0 Å². The Morgan fingerprint density at radius 2 is 1.45 bits per heavy atom. The molecule has 3 aromatic rings. The smallest absolute Gasteiger partial charge is 0.238 e. The minimum absolute atomic E-state index is 0.00851. The fraction of sp³-hybridized carbons (Fsp3) is 0.0870. The predicted octanol–water partition coefficient (Wildman–Crippen LogP) is 4.63. The number of hydrogen-bond acceptors (Lipinski definition) is 4. The average molecular weight is 439 g/mol. The Kier molecular flexibility index (Phi) is 5.67. The third-order valence-corrected chi connectivity index (χ3v) is 5.89. The van der Waals surface area contributed by atoms with E-state index in [1.165, 1.54) is 36.4 Å². The fourth-order valence-corrected chi connectivity index (χ4v) is 3.89. The molecule has 1 unspecified atom stereocenters. The molecule has 4 rings (SSSR count). The number of allylic oxidation sites excluding steroid dienone is 1. The van der Waals surface area contributed by atoms with E-state index in [1.807, 2.05) is 12.2 Å². The van der Waals surface area contributed by atoms with Crippen molar-refractivity contribution in [3.63, 3.8) is 0 Å². The highest BCUT2D eigenvalue weighted by Gasteiger charge is 2.28. The molecule has 0 bridgehead atoms. The van der Waals surface area contributed by atoms with Gasteiger partial charge in [-0.25, -0.2) is 22.3 Å². The monoisotopic (exact) mass is 439 g/mol. The lowest BCUT2D eigenvalue weighted by atomic mass is 10.0. The topological polar surface area (TPSA) is 75.8 Å². The Morgan fingerprint density at radius 1 is 0.871 bits per heavy atom. The first kappa shape index (κ1) is 20.9. The number of halogens is 2. The van der Waals surface area contributed by atoms with Crippen molar-refractivity contribution in [3.8, 4) is 0 Å². The van der Waals surface area contributed by atoms with Crippen LogP contribution in [0.15, 0.2) is 88.9 Å². The summed E-state index contributed by atoms with van der Waals surface area (Å²) in [6, 6.07) is 18.2. The van der Waals surface area contributed by atoms with Crippen molar-refractivity contribution in [1.82, 2.24) is 0 Å². The number of benzene rings is 3. The molecular weight excluding hydrogens is 420 g/mol. The molecule has 0 fully saturated rings. The zero-order chi connectivity index (χ0) is 22.0. The lowest BCUT2D eigenvalue weighted by Gasteiger charge is -2.24. The predicted molar refractivity (Wildman–Crippen MR) is 117 cm³/mol. The molecule has 31 heavy (non-hydrogen) atoms. The number of sulfonamides is 1. The van der Waals surface area contributed by atoms with Crippen molar-refractivity contribution in [1.29, 1.82) is 0 Å². The fourth-order valence-electron chi connectivity index (χ4n) is 3.37. The number of rotatable bonds is 5. The molecule has 2 N–H and O–H groups in total. The van der Waals surface area contributed by atoms with E-state index in [4.69, 9.17) is 5.14 Å². The van der Waals surface area contributed by atoms with Gasteiger partial charge in [-0.3, -0.25) is 5.01 Å². The van der Waals surface area contributed by atoms with Gasteiger partial charge in [-0.1, -0.05) is 30.3 Å². The molecule has 1 atom stereocenters. The summed E-state index contributed by atoms with van der Waals surface area (Å²) in [5, 5.41) is 11.6. The van der Waals surface area contributed by atoms with Gasteiger partial charge in [-0.15, -0.1) is 0 Å². The zero-order valence-electron chi connectivity index (χ0n) is 16.3. The summed E-state index contributed by atoms with van der Waals surface area (Å²) < 4.78 is 49.6. The summed E-state index contributed by atoms with van der Waals surface area (Å²) in [5.41, 5.74) is 3.14. The third-order valence-electron chi connectivity index (χ3n) is 4.96. The second-order valence-electron chi connectivity index (χ2n) is 7.13. The number of hydrazone groups is 1. The molecule has 1 aliphatic rings. The lowest BCUT2D eigenvalue weighted by molar-refractivity contribution is 0.597. The van der Waals surface area contributed by atoms with Crippen molar-refractivity contribution in [2.45, 2.75) is 17.4 Å². The lowest BCUT2D eigenvalue weighted by Crippen LogP contribution is -2.19. The summed E-state index contributed by atoms with van der Waals surface area (Å²) in [6.45, 7) is 0. The molecule has 0 aliphatic carbocycles. The normalized spacial score (nSPS) is 16.7. The molecular formula is C23H19F2N3O2S. The van der Waals surface area contributed by atoms with Gasteiger partial charge in [-0.05, 0) is 65.7 Å². The van der Waals surface area contributed by atoms with E-state index < -0.39 is 10.0 Å². The maximum Gasteiger partial charge on any atom is 0.238 e. The second-order valence-corrected chi connectivity index (χ2v) is 8.69. The van der Waals surface area contributed by atoms with Crippen molar-refractivity contribution in [2.75, 3.05) is 5.01 Å². The first-order valence-corrected chi connectivity index (χ1v) is 11.0. The van der Waals surface area contributed by atoms with E-state index in [1.54, 1.807) is 41.4 Å². The molecule has 0 amide bonds. The van der Waals surface area contributed by atoms with Gasteiger partial charge >= 0.3 is 0 Å².